The van der Waals surface area contributed by atoms with E-state index >= 15 is 0 Å². The molecule has 3 heterocycles. The second-order valence-electron chi connectivity index (χ2n) is 6.99. The minimum atomic E-state index is -0.315. The molecule has 1 unspecified atom stereocenters. The molecule has 1 saturated heterocycles. The molecule has 0 radical (unpaired) electrons. The topological polar surface area (TPSA) is 84.7 Å². The Kier molecular flexibility index (Phi) is 5.26. The average molecular weight is 395 g/mol. The molecule has 2 aliphatic rings. The highest BCUT2D eigenvalue weighted by atomic mass is 32.1. The fourth-order valence-electron chi connectivity index (χ4n) is 3.92. The Morgan fingerprint density at radius 2 is 2.04 bits per heavy atom. The Morgan fingerprint density at radius 1 is 1.21 bits per heavy atom. The maximum atomic E-state index is 11.0. The molecule has 0 saturated carbocycles. The number of hydrogen-bond donors (Lipinski definition) is 1. The van der Waals surface area contributed by atoms with Crippen LogP contribution in [0.4, 0.5) is 11.4 Å². The summed E-state index contributed by atoms with van der Waals surface area (Å²) in [6.07, 6.45) is 3.39. The number of pyridine rings is 1. The van der Waals surface area contributed by atoms with Gasteiger partial charge in [0.25, 0.3) is 0 Å². The lowest BCUT2D eigenvalue weighted by atomic mass is 10.0. The second kappa shape index (κ2) is 7.98. The average Bonchev–Trinajstić information content (AvgIpc) is 2.99. The largest absolute Gasteiger partial charge is 0.493 e. The molecule has 1 N–H and O–H groups in total. The van der Waals surface area contributed by atoms with Crippen LogP contribution in [0.3, 0.4) is 0 Å². The van der Waals surface area contributed by atoms with Gasteiger partial charge in [-0.2, -0.15) is 10.2 Å². The lowest BCUT2D eigenvalue weighted by Gasteiger charge is -2.27. The highest BCUT2D eigenvalue weighted by Gasteiger charge is 2.24. The van der Waals surface area contributed by atoms with E-state index in [1.54, 1.807) is 6.20 Å². The Labute approximate surface area is 168 Å². The van der Waals surface area contributed by atoms with Gasteiger partial charge in [-0.1, -0.05) is 23.5 Å². The number of aromatic nitrogens is 1. The Balaban J connectivity index is 1.54. The molecule has 4 rings (SSSR count). The first-order valence-electron chi connectivity index (χ1n) is 9.42. The van der Waals surface area contributed by atoms with Crippen molar-refractivity contribution in [1.82, 2.24) is 4.98 Å². The monoisotopic (exact) mass is 395 g/mol. The van der Waals surface area contributed by atoms with E-state index in [0.717, 1.165) is 55.3 Å². The summed E-state index contributed by atoms with van der Waals surface area (Å²) in [6.45, 7) is 3.91. The Bertz CT molecular complexity index is 983. The minimum Gasteiger partial charge on any atom is -0.493 e. The highest BCUT2D eigenvalue weighted by Crippen LogP contribution is 2.37. The summed E-state index contributed by atoms with van der Waals surface area (Å²) < 4.78 is 6.24. The van der Waals surface area contributed by atoms with E-state index in [-0.39, 0.29) is 6.04 Å². The summed E-state index contributed by atoms with van der Waals surface area (Å²) in [7, 11) is 0. The number of H-pyrrole nitrogens is 1. The molecule has 8 heteroatoms. The van der Waals surface area contributed by atoms with Crippen LogP contribution < -0.4 is 14.5 Å². The van der Waals surface area contributed by atoms with Crippen LogP contribution in [0.1, 0.15) is 30.0 Å². The van der Waals surface area contributed by atoms with E-state index in [0.29, 0.717) is 23.2 Å². The van der Waals surface area contributed by atoms with Crippen LogP contribution in [0.5, 0.6) is 5.75 Å². The summed E-state index contributed by atoms with van der Waals surface area (Å²) in [4.78, 5) is 18.5. The van der Waals surface area contributed by atoms with Gasteiger partial charge in [-0.05, 0) is 18.6 Å². The van der Waals surface area contributed by atoms with Crippen molar-refractivity contribution in [2.24, 2.45) is 5.18 Å². The third-order valence-electron chi connectivity index (χ3n) is 5.38. The van der Waals surface area contributed by atoms with E-state index in [2.05, 4.69) is 26.0 Å². The lowest BCUT2D eigenvalue weighted by molar-refractivity contribution is 0.269. The fourth-order valence-corrected chi connectivity index (χ4v) is 4.14. The molecule has 0 bridgehead atoms. The van der Waals surface area contributed by atoms with Crippen molar-refractivity contribution in [2.75, 3.05) is 42.6 Å². The molecule has 1 aromatic heterocycles. The van der Waals surface area contributed by atoms with Crippen molar-refractivity contribution in [3.05, 3.63) is 51.1 Å². The quantitative estimate of drug-likeness (QED) is 0.626. The van der Waals surface area contributed by atoms with Crippen molar-refractivity contribution in [3.8, 4) is 11.8 Å². The molecule has 2 aliphatic heterocycles. The predicted molar refractivity (Wildman–Crippen MR) is 110 cm³/mol. The molecule has 0 amide bonds. The first-order valence-corrected chi connectivity index (χ1v) is 9.83. The predicted octanol–water partition coefficient (Wildman–Crippen LogP) is 3.92. The molecular weight excluding hydrogens is 374 g/mol. The van der Waals surface area contributed by atoms with Gasteiger partial charge in [0.15, 0.2) is 0 Å². The minimum absolute atomic E-state index is 0.315. The van der Waals surface area contributed by atoms with Crippen molar-refractivity contribution >= 4 is 23.6 Å². The number of nitrogens with zero attached hydrogens (tertiary/aromatic N) is 4. The van der Waals surface area contributed by atoms with Crippen LogP contribution in [0.2, 0.25) is 0 Å². The number of rotatable bonds is 3. The zero-order valence-corrected chi connectivity index (χ0v) is 16.2. The number of nitroso groups, excluding NO2 is 1. The fraction of sp³-hybridized carbons (Fsp3) is 0.400. The van der Waals surface area contributed by atoms with Crippen molar-refractivity contribution < 1.29 is 4.74 Å². The normalized spacial score (nSPS) is 19.2. The number of fused-ring (bicyclic) bond motifs is 1. The van der Waals surface area contributed by atoms with Crippen LogP contribution in [0, 0.1) is 20.9 Å². The lowest BCUT2D eigenvalue weighted by Crippen LogP contribution is -2.31. The highest BCUT2D eigenvalue weighted by molar-refractivity contribution is 7.71. The van der Waals surface area contributed by atoms with Crippen LogP contribution in [-0.2, 0) is 0 Å². The molecule has 0 aliphatic carbocycles. The van der Waals surface area contributed by atoms with Crippen molar-refractivity contribution in [2.45, 2.75) is 18.9 Å². The van der Waals surface area contributed by atoms with Crippen LogP contribution in [-0.4, -0.2) is 37.8 Å². The Hall–Kier alpha value is -2.92. The van der Waals surface area contributed by atoms with Gasteiger partial charge >= 0.3 is 0 Å². The van der Waals surface area contributed by atoms with Crippen molar-refractivity contribution in [1.29, 1.82) is 5.26 Å². The van der Waals surface area contributed by atoms with Gasteiger partial charge in [0.05, 0.1) is 12.3 Å². The number of benzene rings is 1. The van der Waals surface area contributed by atoms with Crippen LogP contribution >= 0.6 is 12.2 Å². The Morgan fingerprint density at radius 3 is 2.86 bits per heavy atom. The second-order valence-corrected chi connectivity index (χ2v) is 7.40. The SMILES string of the molecule is N#Cc1c(N2CCCN(c3ccc4c(c3)OCCC4N=O)CC2)cc[nH]c1=S. The number of ether oxygens (including phenoxy) is 1. The molecule has 1 fully saturated rings. The van der Waals surface area contributed by atoms with E-state index in [1.807, 2.05) is 24.3 Å². The zero-order chi connectivity index (χ0) is 19.5. The van der Waals surface area contributed by atoms with Gasteiger partial charge in [-0.15, -0.1) is 0 Å². The van der Waals surface area contributed by atoms with Crippen LogP contribution in [0.25, 0.3) is 0 Å². The maximum Gasteiger partial charge on any atom is 0.126 e. The van der Waals surface area contributed by atoms with E-state index < -0.39 is 0 Å². The van der Waals surface area contributed by atoms with Gasteiger partial charge in [0, 0.05) is 56.1 Å². The number of nitriles is 1. The number of anilines is 2. The summed E-state index contributed by atoms with van der Waals surface area (Å²) in [6, 6.07) is 9.85. The van der Waals surface area contributed by atoms with Gasteiger partial charge in [0.2, 0.25) is 0 Å². The van der Waals surface area contributed by atoms with Crippen molar-refractivity contribution in [3.63, 3.8) is 0 Å². The summed E-state index contributed by atoms with van der Waals surface area (Å²) >= 11 is 5.26. The van der Waals surface area contributed by atoms with Gasteiger partial charge < -0.3 is 19.5 Å². The number of aromatic amines is 1. The summed E-state index contributed by atoms with van der Waals surface area (Å²) in [5.41, 5.74) is 3.37. The van der Waals surface area contributed by atoms with Crippen LogP contribution in [0.15, 0.2) is 35.6 Å². The molecule has 28 heavy (non-hydrogen) atoms. The molecule has 0 spiro atoms. The maximum absolute atomic E-state index is 11.0. The summed E-state index contributed by atoms with van der Waals surface area (Å²) in [5.74, 6) is 0.760. The van der Waals surface area contributed by atoms with Gasteiger partial charge in [0.1, 0.15) is 28.1 Å². The molecule has 2 aromatic rings. The first kappa shape index (κ1) is 18.4. The molecule has 1 aromatic carbocycles. The number of nitrogens with one attached hydrogen (secondary N) is 1. The molecule has 1 atom stereocenters. The third-order valence-corrected chi connectivity index (χ3v) is 5.71. The smallest absolute Gasteiger partial charge is 0.126 e. The molecule has 7 nitrogen and oxygen atoms in total. The van der Waals surface area contributed by atoms with E-state index in [4.69, 9.17) is 17.0 Å². The molecule has 144 valence electrons. The third kappa shape index (κ3) is 3.45. The standard InChI is InChI=1S/C20H21N5O2S/c21-13-16-18(4-6-22-20(16)28)25-8-1-7-24(9-10-25)14-2-3-15-17(23-26)5-11-27-19(15)12-14/h2-4,6,12,17H,1,5,7-11H2,(H,22,28). The zero-order valence-electron chi connectivity index (χ0n) is 15.4. The van der Waals surface area contributed by atoms with E-state index in [1.165, 1.54) is 0 Å². The first-order chi connectivity index (χ1) is 13.7. The number of hydrogen-bond acceptors (Lipinski definition) is 7. The summed E-state index contributed by atoms with van der Waals surface area (Å²) in [5, 5.41) is 12.7. The van der Waals surface area contributed by atoms with Gasteiger partial charge in [-0.25, -0.2) is 0 Å². The molecular formula is C20H21N5O2S. The van der Waals surface area contributed by atoms with Gasteiger partial charge in [-0.3, -0.25) is 0 Å². The van der Waals surface area contributed by atoms with E-state index in [9.17, 15) is 10.2 Å².